The van der Waals surface area contributed by atoms with E-state index < -0.39 is 23.4 Å². The topological polar surface area (TPSA) is 91.7 Å². The Hall–Kier alpha value is -2.80. The highest BCUT2D eigenvalue weighted by Gasteiger charge is 2.51. The summed E-state index contributed by atoms with van der Waals surface area (Å²) in [7, 11) is 0. The minimum Gasteiger partial charge on any atom is -0.466 e. The van der Waals surface area contributed by atoms with Crippen LogP contribution in [0.3, 0.4) is 0 Å². The van der Waals surface area contributed by atoms with E-state index in [1.165, 1.54) is 6.26 Å². The quantitative estimate of drug-likeness (QED) is 0.743. The van der Waals surface area contributed by atoms with E-state index in [1.54, 1.807) is 31.2 Å². The van der Waals surface area contributed by atoms with E-state index in [1.807, 2.05) is 19.1 Å². The van der Waals surface area contributed by atoms with Gasteiger partial charge in [-0.2, -0.15) is 0 Å². The molecule has 0 spiro atoms. The number of carbonyl (C=O) groups excluding carboxylic acids is 3. The zero-order valence-electron chi connectivity index (χ0n) is 15.0. The van der Waals surface area contributed by atoms with E-state index in [-0.39, 0.29) is 12.6 Å². The SMILES string of the molecule is CCC(NC(=O)CN1C(=O)NC(C)(c2ccco2)C1=O)c1ccc(Cl)cc1. The molecule has 27 heavy (non-hydrogen) atoms. The van der Waals surface area contributed by atoms with Crippen LogP contribution in [0, 0.1) is 0 Å². The molecule has 2 heterocycles. The maximum absolute atomic E-state index is 12.7. The third kappa shape index (κ3) is 3.68. The Kier molecular flexibility index (Phi) is 5.23. The van der Waals surface area contributed by atoms with Crippen LogP contribution in [0.15, 0.2) is 47.1 Å². The lowest BCUT2D eigenvalue weighted by atomic mass is 9.99. The monoisotopic (exact) mass is 389 g/mol. The van der Waals surface area contributed by atoms with Crippen molar-refractivity contribution < 1.29 is 18.8 Å². The molecule has 0 saturated carbocycles. The number of halogens is 1. The summed E-state index contributed by atoms with van der Waals surface area (Å²) in [6.07, 6.45) is 2.07. The van der Waals surface area contributed by atoms with E-state index in [0.717, 1.165) is 10.5 Å². The molecule has 2 N–H and O–H groups in total. The van der Waals surface area contributed by atoms with Crippen molar-refractivity contribution in [2.75, 3.05) is 6.54 Å². The first-order valence-electron chi connectivity index (χ1n) is 8.58. The standard InChI is InChI=1S/C19H20ClN3O4/c1-3-14(12-6-8-13(20)9-7-12)21-16(24)11-23-17(25)19(2,22-18(23)26)15-5-4-10-27-15/h4-10,14H,3,11H2,1-2H3,(H,21,24)(H,22,26). The van der Waals surface area contributed by atoms with Gasteiger partial charge < -0.3 is 15.1 Å². The van der Waals surface area contributed by atoms with Crippen LogP contribution in [0.25, 0.3) is 0 Å². The fraction of sp³-hybridized carbons (Fsp3) is 0.316. The lowest BCUT2D eigenvalue weighted by Crippen LogP contribution is -2.43. The van der Waals surface area contributed by atoms with Gasteiger partial charge in [0.25, 0.3) is 5.91 Å². The summed E-state index contributed by atoms with van der Waals surface area (Å²) in [5.41, 5.74) is -0.422. The average Bonchev–Trinajstić information content (AvgIpc) is 3.25. The fourth-order valence-electron chi connectivity index (χ4n) is 3.07. The molecule has 0 aliphatic carbocycles. The molecule has 4 amide bonds. The van der Waals surface area contributed by atoms with Gasteiger partial charge >= 0.3 is 6.03 Å². The molecular weight excluding hydrogens is 370 g/mol. The van der Waals surface area contributed by atoms with Crippen LogP contribution in [0.4, 0.5) is 4.79 Å². The van der Waals surface area contributed by atoms with E-state index >= 15 is 0 Å². The number of hydrogen-bond acceptors (Lipinski definition) is 4. The van der Waals surface area contributed by atoms with Gasteiger partial charge in [0.1, 0.15) is 12.3 Å². The van der Waals surface area contributed by atoms with E-state index in [9.17, 15) is 14.4 Å². The van der Waals surface area contributed by atoms with Crippen molar-refractivity contribution in [3.63, 3.8) is 0 Å². The number of amides is 4. The fourth-order valence-corrected chi connectivity index (χ4v) is 3.20. The summed E-state index contributed by atoms with van der Waals surface area (Å²) in [5, 5.41) is 6.05. The van der Waals surface area contributed by atoms with Crippen LogP contribution in [0.5, 0.6) is 0 Å². The highest BCUT2D eigenvalue weighted by Crippen LogP contribution is 2.29. The third-order valence-corrected chi connectivity index (χ3v) is 4.86. The number of carbonyl (C=O) groups is 3. The number of rotatable bonds is 6. The Morgan fingerprint density at radius 1 is 1.30 bits per heavy atom. The molecule has 1 fully saturated rings. The molecule has 1 aromatic carbocycles. The zero-order valence-corrected chi connectivity index (χ0v) is 15.7. The molecular formula is C19H20ClN3O4. The molecule has 2 unspecified atom stereocenters. The number of furan rings is 1. The molecule has 2 aromatic rings. The average molecular weight is 390 g/mol. The summed E-state index contributed by atoms with van der Waals surface area (Å²) >= 11 is 5.90. The predicted octanol–water partition coefficient (Wildman–Crippen LogP) is 2.97. The van der Waals surface area contributed by atoms with Crippen molar-refractivity contribution in [1.82, 2.24) is 15.5 Å². The van der Waals surface area contributed by atoms with E-state index in [0.29, 0.717) is 17.2 Å². The Morgan fingerprint density at radius 2 is 2.00 bits per heavy atom. The van der Waals surface area contributed by atoms with Crippen LogP contribution < -0.4 is 10.6 Å². The number of nitrogens with one attached hydrogen (secondary N) is 2. The largest absolute Gasteiger partial charge is 0.466 e. The maximum Gasteiger partial charge on any atom is 0.325 e. The van der Waals surface area contributed by atoms with Crippen LogP contribution >= 0.6 is 11.6 Å². The van der Waals surface area contributed by atoms with Crippen molar-refractivity contribution in [2.24, 2.45) is 0 Å². The molecule has 0 bridgehead atoms. The normalized spacial score (nSPS) is 20.5. The molecule has 0 radical (unpaired) electrons. The van der Waals surface area contributed by atoms with Crippen molar-refractivity contribution in [3.8, 4) is 0 Å². The molecule has 8 heteroatoms. The second-order valence-electron chi connectivity index (χ2n) is 6.50. The highest BCUT2D eigenvalue weighted by molar-refractivity contribution is 6.30. The molecule has 1 aliphatic heterocycles. The Bertz CT molecular complexity index is 850. The first-order chi connectivity index (χ1) is 12.8. The Balaban J connectivity index is 1.69. The van der Waals surface area contributed by atoms with Gasteiger partial charge in [0.2, 0.25) is 5.91 Å². The summed E-state index contributed by atoms with van der Waals surface area (Å²) < 4.78 is 5.27. The third-order valence-electron chi connectivity index (χ3n) is 4.61. The predicted molar refractivity (Wildman–Crippen MR) is 98.9 cm³/mol. The summed E-state index contributed by atoms with van der Waals surface area (Å²) in [4.78, 5) is 38.3. The second kappa shape index (κ2) is 7.44. The van der Waals surface area contributed by atoms with Gasteiger partial charge in [0.15, 0.2) is 5.54 Å². The van der Waals surface area contributed by atoms with Gasteiger partial charge in [-0.3, -0.25) is 14.5 Å². The Morgan fingerprint density at radius 3 is 2.59 bits per heavy atom. The van der Waals surface area contributed by atoms with Crippen LogP contribution in [0.2, 0.25) is 5.02 Å². The summed E-state index contributed by atoms with van der Waals surface area (Å²) in [6.45, 7) is 3.11. The highest BCUT2D eigenvalue weighted by atomic mass is 35.5. The maximum atomic E-state index is 12.7. The number of hydrogen-bond donors (Lipinski definition) is 2. The summed E-state index contributed by atoms with van der Waals surface area (Å²) in [5.74, 6) is -0.641. The molecule has 1 saturated heterocycles. The molecule has 142 valence electrons. The molecule has 1 aliphatic rings. The number of benzene rings is 1. The van der Waals surface area contributed by atoms with Crippen LogP contribution in [-0.2, 0) is 15.1 Å². The second-order valence-corrected chi connectivity index (χ2v) is 6.94. The van der Waals surface area contributed by atoms with Gasteiger partial charge in [0, 0.05) is 5.02 Å². The number of imide groups is 1. The number of nitrogens with zero attached hydrogens (tertiary/aromatic N) is 1. The van der Waals surface area contributed by atoms with Crippen molar-refractivity contribution in [1.29, 1.82) is 0 Å². The summed E-state index contributed by atoms with van der Waals surface area (Å²) in [6, 6.07) is 9.52. The van der Waals surface area contributed by atoms with Gasteiger partial charge in [-0.05, 0) is 43.2 Å². The van der Waals surface area contributed by atoms with Crippen LogP contribution in [-0.4, -0.2) is 29.3 Å². The van der Waals surface area contributed by atoms with Crippen molar-refractivity contribution in [2.45, 2.75) is 31.8 Å². The molecule has 3 rings (SSSR count). The minimum absolute atomic E-state index is 0.244. The van der Waals surface area contributed by atoms with Gasteiger partial charge in [-0.15, -0.1) is 0 Å². The van der Waals surface area contributed by atoms with E-state index in [4.69, 9.17) is 16.0 Å². The van der Waals surface area contributed by atoms with Crippen LogP contribution in [0.1, 0.15) is 37.6 Å². The van der Waals surface area contributed by atoms with Gasteiger partial charge in [-0.1, -0.05) is 30.7 Å². The van der Waals surface area contributed by atoms with Crippen molar-refractivity contribution in [3.05, 3.63) is 59.0 Å². The lowest BCUT2D eigenvalue weighted by Gasteiger charge is -2.21. The minimum atomic E-state index is -1.32. The smallest absolute Gasteiger partial charge is 0.325 e. The van der Waals surface area contributed by atoms with E-state index in [2.05, 4.69) is 10.6 Å². The number of urea groups is 1. The first kappa shape index (κ1) is 19.0. The molecule has 1 aromatic heterocycles. The van der Waals surface area contributed by atoms with Crippen molar-refractivity contribution >= 4 is 29.4 Å². The first-order valence-corrected chi connectivity index (χ1v) is 8.96. The molecule has 2 atom stereocenters. The van der Waals surface area contributed by atoms with Gasteiger partial charge in [-0.25, -0.2) is 4.79 Å². The molecule has 7 nitrogen and oxygen atoms in total. The zero-order chi connectivity index (χ0) is 19.6. The lowest BCUT2D eigenvalue weighted by molar-refractivity contribution is -0.135. The van der Waals surface area contributed by atoms with Gasteiger partial charge in [0.05, 0.1) is 12.3 Å². The Labute approximate surface area is 161 Å².